The number of hydrogen-bond donors (Lipinski definition) is 0. The number of thiophene rings is 1. The van der Waals surface area contributed by atoms with Crippen LogP contribution in [0.15, 0.2) is 15.7 Å². The Balaban J connectivity index is 2.54. The maximum atomic E-state index is 2.24. The van der Waals surface area contributed by atoms with Crippen molar-refractivity contribution in [1.82, 2.24) is 0 Å². The fourth-order valence-corrected chi connectivity index (χ4v) is 3.12. The van der Waals surface area contributed by atoms with Crippen LogP contribution in [0.25, 0.3) is 0 Å². The molecule has 2 heteroatoms. The maximum Gasteiger partial charge on any atom is 0.0630 e. The first-order chi connectivity index (χ1) is 3.97. The summed E-state index contributed by atoms with van der Waals surface area (Å²) in [6, 6.07) is 2.24. The van der Waals surface area contributed by atoms with Gasteiger partial charge in [0.25, 0.3) is 0 Å². The smallest absolute Gasteiger partial charge is 0.0630 e. The molecule has 0 atom stereocenters. The molecule has 0 fully saturated rings. The molecular weight excluding hydrogens is 136 g/mol. The lowest BCUT2D eigenvalue weighted by atomic mass is 10.3. The summed E-state index contributed by atoms with van der Waals surface area (Å²) in [7, 11) is 0. The Bertz CT molecular complexity index is 172. The first-order valence-electron chi connectivity index (χ1n) is 2.66. The van der Waals surface area contributed by atoms with E-state index in [4.69, 9.17) is 0 Å². The van der Waals surface area contributed by atoms with E-state index in [1.807, 2.05) is 23.1 Å². The highest BCUT2D eigenvalue weighted by Gasteiger charge is 2.10. The van der Waals surface area contributed by atoms with E-state index in [-0.39, 0.29) is 0 Å². The Morgan fingerprint density at radius 3 is 3.38 bits per heavy atom. The highest BCUT2D eigenvalue weighted by atomic mass is 32.2. The normalized spacial score (nSPS) is 16.5. The molecule has 8 heavy (non-hydrogen) atoms. The Labute approximate surface area is 56.9 Å². The molecule has 0 bridgehead atoms. The molecule has 0 nitrogen and oxygen atoms in total. The van der Waals surface area contributed by atoms with Crippen molar-refractivity contribution in [3.8, 4) is 0 Å². The number of fused-ring (bicyclic) bond motifs is 1. The molecule has 0 radical (unpaired) electrons. The average Bonchev–Trinajstić information content (AvgIpc) is 2.15. The van der Waals surface area contributed by atoms with Gasteiger partial charge in [0, 0.05) is 5.75 Å². The van der Waals surface area contributed by atoms with Gasteiger partial charge in [-0.05, 0) is 23.4 Å². The second-order valence-corrected chi connectivity index (χ2v) is 4.11. The zero-order valence-electron chi connectivity index (χ0n) is 4.39. The van der Waals surface area contributed by atoms with E-state index in [2.05, 4.69) is 11.4 Å². The lowest BCUT2D eigenvalue weighted by Gasteiger charge is -1.78. The predicted octanol–water partition coefficient (Wildman–Crippen LogP) is 2.40. The van der Waals surface area contributed by atoms with E-state index < -0.39 is 0 Å². The SMILES string of the molecule is c1cc2c(s1)SCC2. The third kappa shape index (κ3) is 0.599. The van der Waals surface area contributed by atoms with E-state index in [0.717, 1.165) is 0 Å². The molecule has 1 aromatic heterocycles. The molecule has 2 rings (SSSR count). The Hall–Kier alpha value is 0.0500. The molecule has 2 heterocycles. The molecule has 0 amide bonds. The van der Waals surface area contributed by atoms with Crippen LogP contribution in [0.2, 0.25) is 0 Å². The third-order valence-electron chi connectivity index (χ3n) is 1.31. The summed E-state index contributed by atoms with van der Waals surface area (Å²) in [5.74, 6) is 1.31. The van der Waals surface area contributed by atoms with E-state index in [1.165, 1.54) is 12.2 Å². The van der Waals surface area contributed by atoms with Gasteiger partial charge in [0.15, 0.2) is 0 Å². The summed E-state index contributed by atoms with van der Waals surface area (Å²) in [5.41, 5.74) is 1.57. The minimum atomic E-state index is 1.30. The van der Waals surface area contributed by atoms with Gasteiger partial charge in [0.2, 0.25) is 0 Å². The van der Waals surface area contributed by atoms with Crippen LogP contribution in [0.5, 0.6) is 0 Å². The second-order valence-electron chi connectivity index (χ2n) is 1.83. The van der Waals surface area contributed by atoms with Crippen LogP contribution in [-0.4, -0.2) is 5.75 Å². The quantitative estimate of drug-likeness (QED) is 0.536. The van der Waals surface area contributed by atoms with Gasteiger partial charge < -0.3 is 0 Å². The lowest BCUT2D eigenvalue weighted by Crippen LogP contribution is -1.72. The minimum Gasteiger partial charge on any atom is -0.137 e. The molecular formula is C6H6S2. The van der Waals surface area contributed by atoms with E-state index >= 15 is 0 Å². The van der Waals surface area contributed by atoms with E-state index in [9.17, 15) is 0 Å². The molecule has 0 unspecified atom stereocenters. The molecule has 0 saturated heterocycles. The average molecular weight is 142 g/mol. The van der Waals surface area contributed by atoms with Crippen molar-refractivity contribution in [2.45, 2.75) is 10.6 Å². The number of rotatable bonds is 0. The highest BCUT2D eigenvalue weighted by molar-refractivity contribution is 8.01. The number of hydrogen-bond acceptors (Lipinski definition) is 2. The van der Waals surface area contributed by atoms with Gasteiger partial charge >= 0.3 is 0 Å². The standard InChI is InChI=1S/C6H6S2/c1-3-7-6-5(1)2-4-8-6/h1,3H,2,4H2. The largest absolute Gasteiger partial charge is 0.137 e. The van der Waals surface area contributed by atoms with Crippen molar-refractivity contribution in [1.29, 1.82) is 0 Å². The van der Waals surface area contributed by atoms with Crippen LogP contribution >= 0.6 is 23.1 Å². The van der Waals surface area contributed by atoms with E-state index in [1.54, 1.807) is 9.77 Å². The van der Waals surface area contributed by atoms with Crippen molar-refractivity contribution < 1.29 is 0 Å². The topological polar surface area (TPSA) is 0 Å². The zero-order valence-corrected chi connectivity index (χ0v) is 6.02. The summed E-state index contributed by atoms with van der Waals surface area (Å²) in [4.78, 5) is 0. The van der Waals surface area contributed by atoms with Crippen molar-refractivity contribution in [3.05, 3.63) is 17.0 Å². The summed E-state index contributed by atoms with van der Waals surface area (Å²) in [6.07, 6.45) is 1.30. The molecule has 0 N–H and O–H groups in total. The van der Waals surface area contributed by atoms with Crippen LogP contribution < -0.4 is 0 Å². The van der Waals surface area contributed by atoms with Crippen LogP contribution in [0.1, 0.15) is 5.56 Å². The van der Waals surface area contributed by atoms with Gasteiger partial charge in [-0.25, -0.2) is 0 Å². The Morgan fingerprint density at radius 2 is 2.50 bits per heavy atom. The van der Waals surface area contributed by atoms with Gasteiger partial charge in [-0.3, -0.25) is 0 Å². The molecule has 1 aliphatic rings. The monoisotopic (exact) mass is 142 g/mol. The molecule has 0 spiro atoms. The van der Waals surface area contributed by atoms with E-state index in [0.29, 0.717) is 0 Å². The number of thioether (sulfide) groups is 1. The van der Waals surface area contributed by atoms with Crippen LogP contribution in [0.4, 0.5) is 0 Å². The molecule has 42 valence electrons. The van der Waals surface area contributed by atoms with Crippen LogP contribution in [0.3, 0.4) is 0 Å². The van der Waals surface area contributed by atoms with Gasteiger partial charge in [-0.1, -0.05) is 0 Å². The zero-order chi connectivity index (χ0) is 5.40. The molecule has 1 aliphatic heterocycles. The lowest BCUT2D eigenvalue weighted by molar-refractivity contribution is 1.18. The number of aryl methyl sites for hydroxylation is 1. The molecule has 0 aromatic carbocycles. The molecule has 0 saturated carbocycles. The first-order valence-corrected chi connectivity index (χ1v) is 4.52. The summed E-state index contributed by atoms with van der Waals surface area (Å²) < 4.78 is 1.55. The summed E-state index contributed by atoms with van der Waals surface area (Å²) in [6.45, 7) is 0. The van der Waals surface area contributed by atoms with Crippen molar-refractivity contribution in [2.24, 2.45) is 0 Å². The van der Waals surface area contributed by atoms with Crippen molar-refractivity contribution in [2.75, 3.05) is 5.75 Å². The van der Waals surface area contributed by atoms with Gasteiger partial charge in [0.1, 0.15) is 0 Å². The predicted molar refractivity (Wildman–Crippen MR) is 38.7 cm³/mol. The van der Waals surface area contributed by atoms with Crippen LogP contribution in [-0.2, 0) is 6.42 Å². The van der Waals surface area contributed by atoms with Gasteiger partial charge in [0.05, 0.1) is 4.21 Å². The maximum absolute atomic E-state index is 2.24. The van der Waals surface area contributed by atoms with Gasteiger partial charge in [-0.15, -0.1) is 23.1 Å². The molecule has 1 aromatic rings. The fraction of sp³-hybridized carbons (Fsp3) is 0.333. The summed E-state index contributed by atoms with van der Waals surface area (Å²) in [5, 5.41) is 2.18. The fourth-order valence-electron chi connectivity index (χ4n) is 0.887. The Morgan fingerprint density at radius 1 is 1.50 bits per heavy atom. The van der Waals surface area contributed by atoms with Crippen molar-refractivity contribution >= 4 is 23.1 Å². The van der Waals surface area contributed by atoms with Crippen molar-refractivity contribution in [3.63, 3.8) is 0 Å². The first kappa shape index (κ1) is 4.89. The van der Waals surface area contributed by atoms with Gasteiger partial charge in [-0.2, -0.15) is 0 Å². The Kier molecular flexibility index (Phi) is 1.09. The summed E-state index contributed by atoms with van der Waals surface area (Å²) >= 11 is 3.87. The van der Waals surface area contributed by atoms with Crippen LogP contribution in [0, 0.1) is 0 Å². The minimum absolute atomic E-state index is 1.30. The highest BCUT2D eigenvalue weighted by Crippen LogP contribution is 2.35. The second kappa shape index (κ2) is 1.78. The third-order valence-corrected chi connectivity index (χ3v) is 3.63. The molecule has 0 aliphatic carbocycles.